The fraction of sp³-hybridized carbons (Fsp3) is 0. The molecular weight excluding hydrogens is 348 g/mol. The number of hydrogen-bond donors (Lipinski definition) is 1. The highest BCUT2D eigenvalue weighted by molar-refractivity contribution is 9.11. The lowest BCUT2D eigenvalue weighted by Crippen LogP contribution is -2.11. The molecule has 0 bridgehead atoms. The highest BCUT2D eigenvalue weighted by Gasteiger charge is 2.19. The topological polar surface area (TPSA) is 59.1 Å². The Labute approximate surface area is 116 Å². The van der Waals surface area contributed by atoms with Crippen LogP contribution in [0.15, 0.2) is 38.6 Å². The maximum absolute atomic E-state index is 12.0. The van der Waals surface area contributed by atoms with E-state index in [0.717, 1.165) is 11.3 Å². The van der Waals surface area contributed by atoms with Gasteiger partial charge in [-0.2, -0.15) is 0 Å². The third-order valence-corrected chi connectivity index (χ3v) is 6.13. The third kappa shape index (κ3) is 2.98. The SMILES string of the molecule is O=S(=O)(Nc1cccnc1)c1cc(Cl)c(Br)s1. The van der Waals surface area contributed by atoms with E-state index in [-0.39, 0.29) is 4.21 Å². The second-order valence-corrected chi connectivity index (χ2v) is 7.72. The zero-order valence-corrected chi connectivity index (χ0v) is 12.2. The van der Waals surface area contributed by atoms with E-state index in [1.165, 1.54) is 12.3 Å². The minimum absolute atomic E-state index is 0.151. The number of halogens is 2. The lowest BCUT2D eigenvalue weighted by atomic mass is 10.4. The average Bonchev–Trinajstić information content (AvgIpc) is 2.61. The Hall–Kier alpha value is -0.630. The van der Waals surface area contributed by atoms with Gasteiger partial charge in [-0.25, -0.2) is 8.42 Å². The monoisotopic (exact) mass is 352 g/mol. The van der Waals surface area contributed by atoms with Gasteiger partial charge >= 0.3 is 0 Å². The van der Waals surface area contributed by atoms with Crippen LogP contribution in [0.2, 0.25) is 5.02 Å². The largest absolute Gasteiger partial charge is 0.277 e. The summed E-state index contributed by atoms with van der Waals surface area (Å²) in [7, 11) is -3.60. The van der Waals surface area contributed by atoms with Crippen LogP contribution in [0.5, 0.6) is 0 Å². The summed E-state index contributed by atoms with van der Waals surface area (Å²) in [6, 6.07) is 4.67. The molecule has 17 heavy (non-hydrogen) atoms. The van der Waals surface area contributed by atoms with Crippen LogP contribution in [0, 0.1) is 0 Å². The highest BCUT2D eigenvalue weighted by atomic mass is 79.9. The number of aromatic nitrogens is 1. The molecule has 0 saturated heterocycles. The van der Waals surface area contributed by atoms with Gasteiger partial charge in [-0.1, -0.05) is 11.6 Å². The molecule has 0 atom stereocenters. The first kappa shape index (κ1) is 12.8. The molecule has 2 rings (SSSR count). The lowest BCUT2D eigenvalue weighted by molar-refractivity contribution is 0.603. The van der Waals surface area contributed by atoms with Crippen LogP contribution in [0.4, 0.5) is 5.69 Å². The fourth-order valence-corrected chi connectivity index (χ4v) is 4.53. The van der Waals surface area contributed by atoms with Crippen molar-refractivity contribution in [3.63, 3.8) is 0 Å². The summed E-state index contributed by atoms with van der Waals surface area (Å²) < 4.78 is 27.1. The van der Waals surface area contributed by atoms with Crippen molar-refractivity contribution >= 4 is 54.6 Å². The fourth-order valence-electron chi connectivity index (χ4n) is 1.09. The normalized spacial score (nSPS) is 11.4. The molecule has 4 nitrogen and oxygen atoms in total. The molecular formula is C9H6BrClN2O2S2. The minimum Gasteiger partial charge on any atom is -0.277 e. The number of rotatable bonds is 3. The number of nitrogens with one attached hydrogen (secondary N) is 1. The molecule has 0 radical (unpaired) electrons. The molecule has 0 aromatic carbocycles. The Morgan fingerprint density at radius 2 is 2.24 bits per heavy atom. The number of pyridine rings is 1. The summed E-state index contributed by atoms with van der Waals surface area (Å²) in [4.78, 5) is 3.83. The molecule has 0 aliphatic heterocycles. The number of thiophene rings is 1. The van der Waals surface area contributed by atoms with Gasteiger partial charge in [0.2, 0.25) is 0 Å². The van der Waals surface area contributed by atoms with Crippen LogP contribution in [0.3, 0.4) is 0 Å². The molecule has 90 valence electrons. The molecule has 0 spiro atoms. The van der Waals surface area contributed by atoms with Gasteiger partial charge in [0, 0.05) is 6.20 Å². The number of nitrogens with zero attached hydrogens (tertiary/aromatic N) is 1. The molecule has 2 aromatic rings. The Balaban J connectivity index is 2.32. The van der Waals surface area contributed by atoms with Crippen molar-refractivity contribution in [2.75, 3.05) is 4.72 Å². The Bertz CT molecular complexity index is 608. The van der Waals surface area contributed by atoms with Crippen LogP contribution in [0.25, 0.3) is 0 Å². The molecule has 0 unspecified atom stereocenters. The van der Waals surface area contributed by atoms with E-state index >= 15 is 0 Å². The standard InChI is InChI=1S/C9H6BrClN2O2S2/c10-9-7(11)4-8(16-9)17(14,15)13-6-2-1-3-12-5-6/h1-5,13H. The molecule has 0 aliphatic carbocycles. The minimum atomic E-state index is -3.60. The predicted molar refractivity (Wildman–Crippen MR) is 72.1 cm³/mol. The molecule has 2 heterocycles. The number of anilines is 1. The third-order valence-electron chi connectivity index (χ3n) is 1.80. The maximum Gasteiger partial charge on any atom is 0.271 e. The maximum atomic E-state index is 12.0. The van der Waals surface area contributed by atoms with Crippen LogP contribution in [0.1, 0.15) is 0 Å². The molecule has 0 fully saturated rings. The van der Waals surface area contributed by atoms with E-state index in [9.17, 15) is 8.42 Å². The van der Waals surface area contributed by atoms with Crippen molar-refractivity contribution in [1.82, 2.24) is 4.98 Å². The molecule has 1 N–H and O–H groups in total. The van der Waals surface area contributed by atoms with E-state index < -0.39 is 10.0 Å². The van der Waals surface area contributed by atoms with Gasteiger partial charge < -0.3 is 0 Å². The Morgan fingerprint density at radius 3 is 2.76 bits per heavy atom. The van der Waals surface area contributed by atoms with Gasteiger partial charge in [0.15, 0.2) is 0 Å². The zero-order valence-electron chi connectivity index (χ0n) is 8.22. The van der Waals surface area contributed by atoms with Crippen molar-refractivity contribution in [3.05, 3.63) is 39.4 Å². The van der Waals surface area contributed by atoms with Gasteiger partial charge in [0.25, 0.3) is 10.0 Å². The van der Waals surface area contributed by atoms with Crippen molar-refractivity contribution in [2.45, 2.75) is 4.21 Å². The second-order valence-electron chi connectivity index (χ2n) is 3.03. The summed E-state index contributed by atoms with van der Waals surface area (Å²) in [5.74, 6) is 0. The van der Waals surface area contributed by atoms with Crippen LogP contribution < -0.4 is 4.72 Å². The van der Waals surface area contributed by atoms with Crippen molar-refractivity contribution in [1.29, 1.82) is 0 Å². The zero-order chi connectivity index (χ0) is 12.5. The highest BCUT2D eigenvalue weighted by Crippen LogP contribution is 2.35. The first-order valence-electron chi connectivity index (χ1n) is 4.37. The number of hydrogen-bond acceptors (Lipinski definition) is 4. The molecule has 0 saturated carbocycles. The quantitative estimate of drug-likeness (QED) is 0.920. The van der Waals surface area contributed by atoms with E-state index in [4.69, 9.17) is 11.6 Å². The summed E-state index contributed by atoms with van der Waals surface area (Å²) >= 11 is 10.0. The summed E-state index contributed by atoms with van der Waals surface area (Å²) in [5, 5.41) is 0.376. The first-order valence-corrected chi connectivity index (χ1v) is 7.84. The van der Waals surface area contributed by atoms with Crippen molar-refractivity contribution < 1.29 is 8.42 Å². The summed E-state index contributed by atoms with van der Waals surface area (Å²) in [5.41, 5.74) is 0.410. The van der Waals surface area contributed by atoms with Gasteiger partial charge in [0.05, 0.1) is 20.7 Å². The van der Waals surface area contributed by atoms with Gasteiger partial charge in [-0.15, -0.1) is 11.3 Å². The average molecular weight is 354 g/mol. The van der Waals surface area contributed by atoms with Gasteiger partial charge in [0.1, 0.15) is 4.21 Å². The first-order chi connectivity index (χ1) is 7.99. The molecule has 8 heteroatoms. The second kappa shape index (κ2) is 4.93. The van der Waals surface area contributed by atoms with E-state index in [0.29, 0.717) is 14.5 Å². The molecule has 0 amide bonds. The van der Waals surface area contributed by atoms with Crippen LogP contribution in [-0.4, -0.2) is 13.4 Å². The van der Waals surface area contributed by atoms with Crippen LogP contribution >= 0.6 is 38.9 Å². The number of sulfonamides is 1. The van der Waals surface area contributed by atoms with Crippen LogP contribution in [-0.2, 0) is 10.0 Å². The molecule has 0 aliphatic rings. The van der Waals surface area contributed by atoms with E-state index in [1.807, 2.05) is 0 Å². The molecule has 2 aromatic heterocycles. The summed E-state index contributed by atoms with van der Waals surface area (Å²) in [6.07, 6.45) is 3.00. The van der Waals surface area contributed by atoms with Crippen molar-refractivity contribution in [3.8, 4) is 0 Å². The van der Waals surface area contributed by atoms with Gasteiger partial charge in [-0.3, -0.25) is 9.71 Å². The smallest absolute Gasteiger partial charge is 0.271 e. The Morgan fingerprint density at radius 1 is 1.47 bits per heavy atom. The Kier molecular flexibility index (Phi) is 3.72. The predicted octanol–water partition coefficient (Wildman–Crippen LogP) is 3.36. The van der Waals surface area contributed by atoms with Gasteiger partial charge in [-0.05, 0) is 34.1 Å². The lowest BCUT2D eigenvalue weighted by Gasteiger charge is -2.04. The van der Waals surface area contributed by atoms with E-state index in [1.54, 1.807) is 18.3 Å². The summed E-state index contributed by atoms with van der Waals surface area (Å²) in [6.45, 7) is 0. The van der Waals surface area contributed by atoms with E-state index in [2.05, 4.69) is 25.6 Å². The van der Waals surface area contributed by atoms with Crippen molar-refractivity contribution in [2.24, 2.45) is 0 Å².